The van der Waals surface area contributed by atoms with Gasteiger partial charge in [-0.05, 0) is 18.4 Å². The average molecular weight is 206 g/mol. The van der Waals surface area contributed by atoms with Gasteiger partial charge in [0.1, 0.15) is 0 Å². The van der Waals surface area contributed by atoms with Crippen molar-refractivity contribution < 1.29 is 9.47 Å². The molecule has 1 aromatic carbocycles. The summed E-state index contributed by atoms with van der Waals surface area (Å²) in [6.07, 6.45) is 1.11. The monoisotopic (exact) mass is 206 g/mol. The van der Waals surface area contributed by atoms with Crippen molar-refractivity contribution in [1.29, 1.82) is 0 Å². The van der Waals surface area contributed by atoms with Gasteiger partial charge in [0.25, 0.3) is 0 Å². The Labute approximate surface area is 91.2 Å². The van der Waals surface area contributed by atoms with Crippen molar-refractivity contribution in [3.8, 4) is 0 Å². The second-order valence-corrected chi connectivity index (χ2v) is 4.29. The Morgan fingerprint density at radius 2 is 2.07 bits per heavy atom. The first-order valence-corrected chi connectivity index (χ1v) is 5.57. The molecule has 2 heteroatoms. The number of hydrogen-bond donors (Lipinski definition) is 0. The van der Waals surface area contributed by atoms with Crippen molar-refractivity contribution in [2.45, 2.75) is 32.7 Å². The topological polar surface area (TPSA) is 18.5 Å². The number of ether oxygens (including phenoxy) is 2. The summed E-state index contributed by atoms with van der Waals surface area (Å²) in [5, 5.41) is 0. The molecule has 1 fully saturated rings. The van der Waals surface area contributed by atoms with Gasteiger partial charge >= 0.3 is 0 Å². The summed E-state index contributed by atoms with van der Waals surface area (Å²) in [5.41, 5.74) is 1.21. The van der Waals surface area contributed by atoms with E-state index in [1.54, 1.807) is 0 Å². The Bertz CT molecular complexity index is 297. The molecule has 2 nitrogen and oxygen atoms in total. The van der Waals surface area contributed by atoms with Gasteiger partial charge in [-0.15, -0.1) is 0 Å². The second kappa shape index (κ2) is 4.77. The predicted molar refractivity (Wildman–Crippen MR) is 59.5 cm³/mol. The number of benzene rings is 1. The van der Waals surface area contributed by atoms with Crippen molar-refractivity contribution in [3.63, 3.8) is 0 Å². The fourth-order valence-electron chi connectivity index (χ4n) is 1.86. The van der Waals surface area contributed by atoms with Gasteiger partial charge in [-0.3, -0.25) is 0 Å². The van der Waals surface area contributed by atoms with Crippen LogP contribution in [0.15, 0.2) is 30.3 Å². The maximum Gasteiger partial charge on any atom is 0.158 e. The third-order valence-electron chi connectivity index (χ3n) is 2.79. The van der Waals surface area contributed by atoms with Crippen LogP contribution in [0.5, 0.6) is 0 Å². The smallest absolute Gasteiger partial charge is 0.158 e. The molecule has 1 heterocycles. The van der Waals surface area contributed by atoms with E-state index >= 15 is 0 Å². The first-order valence-electron chi connectivity index (χ1n) is 5.57. The van der Waals surface area contributed by atoms with Gasteiger partial charge in [-0.25, -0.2) is 0 Å². The highest BCUT2D eigenvalue weighted by Crippen LogP contribution is 2.25. The van der Waals surface area contributed by atoms with Gasteiger partial charge in [0.15, 0.2) is 6.29 Å². The Balaban J connectivity index is 1.90. The first kappa shape index (κ1) is 10.7. The minimum atomic E-state index is -0.0183. The molecule has 1 aromatic rings. The molecule has 0 radical (unpaired) electrons. The van der Waals surface area contributed by atoms with Crippen LogP contribution < -0.4 is 0 Å². The molecular weight excluding hydrogens is 188 g/mol. The maximum atomic E-state index is 5.85. The zero-order valence-corrected chi connectivity index (χ0v) is 9.35. The quantitative estimate of drug-likeness (QED) is 0.756. The molecule has 1 saturated heterocycles. The molecule has 0 aromatic heterocycles. The van der Waals surface area contributed by atoms with Gasteiger partial charge in [-0.1, -0.05) is 37.3 Å². The number of hydrogen-bond acceptors (Lipinski definition) is 2. The SMILES string of the molecule is C[C@H]1COC(O[C@H](C)c2ccccc2)C1. The Morgan fingerprint density at radius 3 is 2.67 bits per heavy atom. The lowest BCUT2D eigenvalue weighted by molar-refractivity contribution is -0.140. The van der Waals surface area contributed by atoms with Crippen LogP contribution in [-0.4, -0.2) is 12.9 Å². The zero-order chi connectivity index (χ0) is 10.7. The van der Waals surface area contributed by atoms with E-state index in [4.69, 9.17) is 9.47 Å². The van der Waals surface area contributed by atoms with Crippen LogP contribution in [0.4, 0.5) is 0 Å². The highest BCUT2D eigenvalue weighted by Gasteiger charge is 2.24. The fourth-order valence-corrected chi connectivity index (χ4v) is 1.86. The molecule has 1 aliphatic rings. The molecule has 0 spiro atoms. The summed E-state index contributed by atoms with van der Waals surface area (Å²) in [4.78, 5) is 0. The van der Waals surface area contributed by atoms with Crippen molar-refractivity contribution in [3.05, 3.63) is 35.9 Å². The molecule has 2 rings (SSSR count). The van der Waals surface area contributed by atoms with E-state index < -0.39 is 0 Å². The van der Waals surface area contributed by atoms with E-state index in [0.717, 1.165) is 13.0 Å². The molecule has 3 atom stereocenters. The second-order valence-electron chi connectivity index (χ2n) is 4.29. The molecule has 82 valence electrons. The molecule has 1 aliphatic heterocycles. The van der Waals surface area contributed by atoms with Crippen molar-refractivity contribution >= 4 is 0 Å². The molecule has 0 amide bonds. The van der Waals surface area contributed by atoms with Gasteiger partial charge in [0.05, 0.1) is 12.7 Å². The van der Waals surface area contributed by atoms with Crippen molar-refractivity contribution in [1.82, 2.24) is 0 Å². The third-order valence-corrected chi connectivity index (χ3v) is 2.79. The van der Waals surface area contributed by atoms with E-state index in [1.807, 2.05) is 18.2 Å². The van der Waals surface area contributed by atoms with Gasteiger partial charge in [0, 0.05) is 6.42 Å². The summed E-state index contributed by atoms with van der Waals surface area (Å²) in [5.74, 6) is 0.623. The Kier molecular flexibility index (Phi) is 3.39. The van der Waals surface area contributed by atoms with E-state index in [-0.39, 0.29) is 12.4 Å². The molecular formula is C13H18O2. The van der Waals surface area contributed by atoms with Gasteiger partial charge in [-0.2, -0.15) is 0 Å². The van der Waals surface area contributed by atoms with Crippen LogP contribution in [0.25, 0.3) is 0 Å². The Morgan fingerprint density at radius 1 is 1.33 bits per heavy atom. The lowest BCUT2D eigenvalue weighted by Crippen LogP contribution is -2.13. The molecule has 0 N–H and O–H groups in total. The minimum Gasteiger partial charge on any atom is -0.352 e. The highest BCUT2D eigenvalue weighted by molar-refractivity contribution is 5.16. The molecule has 0 saturated carbocycles. The normalized spacial score (nSPS) is 27.9. The maximum absolute atomic E-state index is 5.85. The standard InChI is InChI=1S/C13H18O2/c1-10-8-13(14-9-10)15-11(2)12-6-4-3-5-7-12/h3-7,10-11,13H,8-9H2,1-2H3/t10-,11-,13?/m1/s1. The van der Waals surface area contributed by atoms with Crippen LogP contribution in [0.2, 0.25) is 0 Å². The Hall–Kier alpha value is -0.860. The third kappa shape index (κ3) is 2.80. The van der Waals surface area contributed by atoms with Crippen LogP contribution in [-0.2, 0) is 9.47 Å². The number of rotatable bonds is 3. The van der Waals surface area contributed by atoms with Crippen molar-refractivity contribution in [2.24, 2.45) is 5.92 Å². The summed E-state index contributed by atoms with van der Waals surface area (Å²) in [6, 6.07) is 10.3. The molecule has 15 heavy (non-hydrogen) atoms. The van der Waals surface area contributed by atoms with Crippen LogP contribution in [0.3, 0.4) is 0 Å². The van der Waals surface area contributed by atoms with E-state index in [9.17, 15) is 0 Å². The summed E-state index contributed by atoms with van der Waals surface area (Å²) >= 11 is 0. The van der Waals surface area contributed by atoms with Gasteiger partial charge < -0.3 is 9.47 Å². The predicted octanol–water partition coefficient (Wildman–Crippen LogP) is 3.15. The summed E-state index contributed by atoms with van der Waals surface area (Å²) < 4.78 is 11.4. The summed E-state index contributed by atoms with van der Waals surface area (Å²) in [7, 11) is 0. The highest BCUT2D eigenvalue weighted by atomic mass is 16.7. The minimum absolute atomic E-state index is 0.0183. The average Bonchev–Trinajstić information content (AvgIpc) is 2.65. The lowest BCUT2D eigenvalue weighted by Gasteiger charge is -2.18. The molecule has 1 unspecified atom stereocenters. The van der Waals surface area contributed by atoms with Gasteiger partial charge in [0.2, 0.25) is 0 Å². The van der Waals surface area contributed by atoms with Crippen molar-refractivity contribution in [2.75, 3.05) is 6.61 Å². The van der Waals surface area contributed by atoms with Crippen LogP contribution >= 0.6 is 0 Å². The lowest BCUT2D eigenvalue weighted by atomic mass is 10.1. The molecule has 0 aliphatic carbocycles. The largest absolute Gasteiger partial charge is 0.352 e. The van der Waals surface area contributed by atoms with Crippen LogP contribution in [0, 0.1) is 5.92 Å². The summed E-state index contributed by atoms with van der Waals surface area (Å²) in [6.45, 7) is 5.09. The molecule has 0 bridgehead atoms. The van der Waals surface area contributed by atoms with E-state index in [1.165, 1.54) is 5.56 Å². The zero-order valence-electron chi connectivity index (χ0n) is 9.35. The fraction of sp³-hybridized carbons (Fsp3) is 0.538. The van der Waals surface area contributed by atoms with Crippen LogP contribution in [0.1, 0.15) is 31.9 Å². The first-order chi connectivity index (χ1) is 7.25. The van der Waals surface area contributed by atoms with E-state index in [2.05, 4.69) is 26.0 Å². The van der Waals surface area contributed by atoms with E-state index in [0.29, 0.717) is 5.92 Å².